The van der Waals surface area contributed by atoms with Crippen LogP contribution in [0.25, 0.3) is 11.3 Å². The molecule has 1 amide bonds. The SMILES string of the molecule is COc1cc(=O)n(C)cc1C(=O)N1CCN(c2nc(-c3ccccc3)c(F)c(=O)[nH]2)CC1. The lowest BCUT2D eigenvalue weighted by Gasteiger charge is -2.35. The molecule has 1 aromatic carbocycles. The van der Waals surface area contributed by atoms with E-state index in [1.165, 1.54) is 23.9 Å². The molecular formula is C22H22FN5O4. The number of methoxy groups -OCH3 is 1. The summed E-state index contributed by atoms with van der Waals surface area (Å²) in [5, 5.41) is 0. The number of nitrogens with one attached hydrogen (secondary N) is 1. The van der Waals surface area contributed by atoms with Crippen molar-refractivity contribution >= 4 is 11.9 Å². The van der Waals surface area contributed by atoms with Gasteiger partial charge in [-0.05, 0) is 0 Å². The third-order valence-electron chi connectivity index (χ3n) is 5.40. The zero-order valence-corrected chi connectivity index (χ0v) is 17.7. The van der Waals surface area contributed by atoms with Gasteiger partial charge in [-0.25, -0.2) is 4.98 Å². The number of aromatic amines is 1. The standard InChI is InChI=1S/C22H22FN5O4/c1-26-13-15(16(32-2)12-17(26)29)21(31)27-8-10-28(11-9-27)22-24-19(18(23)20(30)25-22)14-6-4-3-5-7-14/h3-7,12-13H,8-11H2,1-2H3,(H,24,25,30). The number of piperazine rings is 1. The van der Waals surface area contributed by atoms with Crippen molar-refractivity contribution in [2.45, 2.75) is 0 Å². The number of rotatable bonds is 4. The van der Waals surface area contributed by atoms with Crippen molar-refractivity contribution in [3.63, 3.8) is 0 Å². The molecule has 9 nitrogen and oxygen atoms in total. The fourth-order valence-electron chi connectivity index (χ4n) is 3.62. The summed E-state index contributed by atoms with van der Waals surface area (Å²) in [4.78, 5) is 47.3. The Morgan fingerprint density at radius 2 is 1.81 bits per heavy atom. The van der Waals surface area contributed by atoms with E-state index in [4.69, 9.17) is 4.74 Å². The third-order valence-corrected chi connectivity index (χ3v) is 5.40. The van der Waals surface area contributed by atoms with E-state index < -0.39 is 11.4 Å². The predicted octanol–water partition coefficient (Wildman–Crippen LogP) is 1.25. The molecule has 0 radical (unpaired) electrons. The second kappa shape index (κ2) is 8.66. The van der Waals surface area contributed by atoms with Crippen LogP contribution in [0.5, 0.6) is 5.75 Å². The lowest BCUT2D eigenvalue weighted by Crippen LogP contribution is -2.49. The van der Waals surface area contributed by atoms with Gasteiger partial charge in [-0.15, -0.1) is 0 Å². The first-order valence-corrected chi connectivity index (χ1v) is 10.0. The van der Waals surface area contributed by atoms with E-state index in [1.807, 2.05) is 0 Å². The first kappa shape index (κ1) is 21.3. The summed E-state index contributed by atoms with van der Waals surface area (Å²) in [6, 6.07) is 9.94. The van der Waals surface area contributed by atoms with E-state index in [0.29, 0.717) is 37.3 Å². The van der Waals surface area contributed by atoms with Crippen molar-refractivity contribution in [1.82, 2.24) is 19.4 Å². The molecule has 3 heterocycles. The summed E-state index contributed by atoms with van der Waals surface area (Å²) in [6.07, 6.45) is 1.46. The fourth-order valence-corrected chi connectivity index (χ4v) is 3.62. The molecule has 1 fully saturated rings. The van der Waals surface area contributed by atoms with E-state index in [2.05, 4.69) is 9.97 Å². The number of nitrogens with zero attached hydrogens (tertiary/aromatic N) is 4. The van der Waals surface area contributed by atoms with Crippen LogP contribution in [-0.4, -0.2) is 58.6 Å². The van der Waals surface area contributed by atoms with Gasteiger partial charge in [0.2, 0.25) is 11.8 Å². The minimum absolute atomic E-state index is 0.0159. The molecule has 1 saturated heterocycles. The van der Waals surface area contributed by atoms with Crippen LogP contribution in [0, 0.1) is 5.82 Å². The van der Waals surface area contributed by atoms with Gasteiger partial charge in [-0.2, -0.15) is 4.39 Å². The molecule has 0 unspecified atom stereocenters. The average Bonchev–Trinajstić information content (AvgIpc) is 2.82. The summed E-state index contributed by atoms with van der Waals surface area (Å²) >= 11 is 0. The van der Waals surface area contributed by atoms with Gasteiger partial charge >= 0.3 is 0 Å². The van der Waals surface area contributed by atoms with Crippen LogP contribution in [0.15, 0.2) is 52.2 Å². The maximum absolute atomic E-state index is 14.4. The maximum atomic E-state index is 14.4. The molecule has 0 aliphatic carbocycles. The van der Waals surface area contributed by atoms with Crippen molar-refractivity contribution in [1.29, 1.82) is 0 Å². The molecule has 1 N–H and O–H groups in total. The second-order valence-corrected chi connectivity index (χ2v) is 7.40. The second-order valence-electron chi connectivity index (χ2n) is 7.40. The monoisotopic (exact) mass is 439 g/mol. The van der Waals surface area contributed by atoms with E-state index in [9.17, 15) is 18.8 Å². The lowest BCUT2D eigenvalue weighted by molar-refractivity contribution is 0.0741. The molecule has 0 spiro atoms. The Labute approximate surface area is 182 Å². The highest BCUT2D eigenvalue weighted by molar-refractivity contribution is 5.96. The quantitative estimate of drug-likeness (QED) is 0.657. The number of ether oxygens (including phenoxy) is 1. The van der Waals surface area contributed by atoms with Gasteiger partial charge in [0, 0.05) is 51.1 Å². The molecule has 3 aromatic rings. The van der Waals surface area contributed by atoms with Gasteiger partial charge < -0.3 is 19.1 Å². The number of anilines is 1. The first-order valence-electron chi connectivity index (χ1n) is 10.0. The number of carbonyl (C=O) groups is 1. The number of aryl methyl sites for hydroxylation is 1. The molecule has 2 aromatic heterocycles. The number of pyridine rings is 1. The Kier molecular flexibility index (Phi) is 5.76. The highest BCUT2D eigenvalue weighted by atomic mass is 19.1. The summed E-state index contributed by atoms with van der Waals surface area (Å²) in [5.41, 5.74) is -0.334. The smallest absolute Gasteiger partial charge is 0.289 e. The molecule has 1 aliphatic rings. The Morgan fingerprint density at radius 3 is 2.47 bits per heavy atom. The third kappa shape index (κ3) is 3.98. The molecule has 166 valence electrons. The largest absolute Gasteiger partial charge is 0.496 e. The van der Waals surface area contributed by atoms with E-state index >= 15 is 0 Å². The summed E-state index contributed by atoms with van der Waals surface area (Å²) < 4.78 is 20.9. The van der Waals surface area contributed by atoms with Crippen LogP contribution >= 0.6 is 0 Å². The van der Waals surface area contributed by atoms with Crippen LogP contribution < -0.4 is 20.8 Å². The molecule has 0 saturated carbocycles. The van der Waals surface area contributed by atoms with Crippen LogP contribution in [0.4, 0.5) is 10.3 Å². The summed E-state index contributed by atoms with van der Waals surface area (Å²) in [5.74, 6) is -0.724. The van der Waals surface area contributed by atoms with Crippen molar-refractivity contribution in [3.8, 4) is 17.0 Å². The van der Waals surface area contributed by atoms with Gasteiger partial charge in [0.15, 0.2) is 0 Å². The van der Waals surface area contributed by atoms with Crippen molar-refractivity contribution in [2.75, 3.05) is 38.2 Å². The van der Waals surface area contributed by atoms with Gasteiger partial charge in [-0.3, -0.25) is 19.4 Å². The Morgan fingerprint density at radius 1 is 1.12 bits per heavy atom. The van der Waals surface area contributed by atoms with E-state index in [1.54, 1.807) is 47.2 Å². The number of benzene rings is 1. The Balaban J connectivity index is 1.54. The van der Waals surface area contributed by atoms with Crippen molar-refractivity contribution in [3.05, 3.63) is 74.7 Å². The number of hydrogen-bond donors (Lipinski definition) is 1. The summed E-state index contributed by atoms with van der Waals surface area (Å²) in [7, 11) is 2.97. The molecule has 10 heteroatoms. The van der Waals surface area contributed by atoms with Crippen LogP contribution in [0.3, 0.4) is 0 Å². The van der Waals surface area contributed by atoms with Gasteiger partial charge in [0.1, 0.15) is 11.4 Å². The molecule has 1 aliphatic heterocycles. The number of H-pyrrole nitrogens is 1. The number of aromatic nitrogens is 3. The van der Waals surface area contributed by atoms with Crippen LogP contribution in [-0.2, 0) is 7.05 Å². The Bertz CT molecular complexity index is 1260. The maximum Gasteiger partial charge on any atom is 0.289 e. The topological polar surface area (TPSA) is 101 Å². The van der Waals surface area contributed by atoms with Gasteiger partial charge in [0.05, 0.1) is 12.7 Å². The van der Waals surface area contributed by atoms with E-state index in [-0.39, 0.29) is 28.9 Å². The molecule has 0 atom stereocenters. The molecule has 0 bridgehead atoms. The Hall–Kier alpha value is -3.95. The highest BCUT2D eigenvalue weighted by Gasteiger charge is 2.27. The molecule has 32 heavy (non-hydrogen) atoms. The normalized spacial score (nSPS) is 13.8. The number of amides is 1. The average molecular weight is 439 g/mol. The van der Waals surface area contributed by atoms with Crippen molar-refractivity contribution < 1.29 is 13.9 Å². The zero-order chi connectivity index (χ0) is 22.8. The summed E-state index contributed by atoms with van der Waals surface area (Å²) in [6.45, 7) is 1.49. The number of carbonyl (C=O) groups excluding carboxylic acids is 1. The van der Waals surface area contributed by atoms with Crippen molar-refractivity contribution in [2.24, 2.45) is 7.05 Å². The van der Waals surface area contributed by atoms with Gasteiger partial charge in [-0.1, -0.05) is 30.3 Å². The predicted molar refractivity (Wildman–Crippen MR) is 117 cm³/mol. The fraction of sp³-hybridized carbons (Fsp3) is 0.273. The highest BCUT2D eigenvalue weighted by Crippen LogP contribution is 2.22. The van der Waals surface area contributed by atoms with Crippen LogP contribution in [0.2, 0.25) is 0 Å². The zero-order valence-electron chi connectivity index (χ0n) is 17.7. The van der Waals surface area contributed by atoms with Gasteiger partial charge in [0.25, 0.3) is 17.0 Å². The lowest BCUT2D eigenvalue weighted by atomic mass is 10.1. The van der Waals surface area contributed by atoms with Crippen LogP contribution in [0.1, 0.15) is 10.4 Å². The minimum atomic E-state index is -0.935. The first-order chi connectivity index (χ1) is 15.4. The minimum Gasteiger partial charge on any atom is -0.496 e. The van der Waals surface area contributed by atoms with E-state index in [0.717, 1.165) is 0 Å². The number of hydrogen-bond acceptors (Lipinski definition) is 6. The molecule has 4 rings (SSSR count). The number of halogens is 1. The molecular weight excluding hydrogens is 417 g/mol.